The van der Waals surface area contributed by atoms with Crippen LogP contribution in [0, 0.1) is 12.8 Å². The molecule has 1 aromatic carbocycles. The van der Waals surface area contributed by atoms with Gasteiger partial charge in [0.2, 0.25) is 0 Å². The number of thiazole rings is 1. The highest BCUT2D eigenvalue weighted by Gasteiger charge is 2.28. The number of nitrogens with zero attached hydrogens (tertiary/aromatic N) is 1. The molecule has 1 unspecified atom stereocenters. The van der Waals surface area contributed by atoms with E-state index in [1.54, 1.807) is 13.0 Å². The minimum atomic E-state index is -3.67. The largest absolute Gasteiger partial charge is 0.506 e. The lowest BCUT2D eigenvalue weighted by atomic mass is 9.92. The number of carbonyl (C=O) groups excluding carboxylic acids is 1. The number of ketones is 1. The van der Waals surface area contributed by atoms with Gasteiger partial charge in [0.05, 0.1) is 15.6 Å². The highest BCUT2D eigenvalue weighted by Crippen LogP contribution is 2.38. The zero-order chi connectivity index (χ0) is 18.0. The smallest absolute Gasteiger partial charge is 0.379 e. The predicted octanol–water partition coefficient (Wildman–Crippen LogP) is 5.42. The molecule has 0 amide bonds. The Morgan fingerprint density at radius 1 is 1.38 bits per heavy atom. The Balaban J connectivity index is 0.000000471. The van der Waals surface area contributed by atoms with Crippen LogP contribution in [-0.4, -0.2) is 22.6 Å². The fourth-order valence-corrected chi connectivity index (χ4v) is 3.82. The third kappa shape index (κ3) is 4.08. The number of alkyl halides is 3. The number of benzene rings is 1. The molecule has 1 aromatic heterocycles. The Morgan fingerprint density at radius 2 is 2.00 bits per heavy atom. The fraction of sp³-hybridized carbons (Fsp3) is 0.375. The third-order valence-electron chi connectivity index (χ3n) is 3.68. The van der Waals surface area contributed by atoms with Crippen LogP contribution in [-0.2, 0) is 6.42 Å². The van der Waals surface area contributed by atoms with Gasteiger partial charge in [-0.05, 0) is 37.5 Å². The lowest BCUT2D eigenvalue weighted by Gasteiger charge is -2.14. The van der Waals surface area contributed by atoms with E-state index in [-0.39, 0.29) is 17.5 Å². The summed E-state index contributed by atoms with van der Waals surface area (Å²) >= 11 is 7.43. The number of Topliss-reactive ketones (excluding diaryl/α,β-unsaturated/α-hetero) is 1. The van der Waals surface area contributed by atoms with E-state index in [0.717, 1.165) is 34.0 Å². The van der Waals surface area contributed by atoms with Crippen LogP contribution in [0.5, 0.6) is 5.75 Å². The number of hydrogen-bond acceptors (Lipinski definition) is 4. The summed E-state index contributed by atoms with van der Waals surface area (Å²) in [6.45, 7) is 0.0949. The molecule has 1 heterocycles. The van der Waals surface area contributed by atoms with Crippen molar-refractivity contribution in [2.24, 2.45) is 5.92 Å². The van der Waals surface area contributed by atoms with Crippen LogP contribution in [0.25, 0.3) is 10.6 Å². The van der Waals surface area contributed by atoms with Gasteiger partial charge in [0, 0.05) is 11.5 Å². The van der Waals surface area contributed by atoms with Crippen LogP contribution in [0.4, 0.5) is 13.2 Å². The standard InChI is InChI=1S/C15H14ClNO2S.CHF3/c1-7-3-4-11-14(13(7)19)20-15(17-11)9-5-8(2)12(18)10(16)6-9;2-1(3)4/h5-7,18H,3-4H2,1-2H3;1H. The van der Waals surface area contributed by atoms with E-state index in [1.165, 1.54) is 11.3 Å². The van der Waals surface area contributed by atoms with E-state index >= 15 is 0 Å². The van der Waals surface area contributed by atoms with Gasteiger partial charge in [0.1, 0.15) is 10.8 Å². The first-order chi connectivity index (χ1) is 11.2. The molecule has 3 rings (SSSR count). The minimum absolute atomic E-state index is 0.0842. The molecule has 0 fully saturated rings. The molecule has 0 saturated heterocycles. The molecule has 1 aliphatic carbocycles. The molecule has 0 saturated carbocycles. The van der Waals surface area contributed by atoms with Crippen molar-refractivity contribution in [3.8, 4) is 16.3 Å². The maximum absolute atomic E-state index is 12.2. The second-order valence-corrected chi connectivity index (χ2v) is 6.88. The number of aromatic hydroxyl groups is 1. The number of phenolic OH excluding ortho intramolecular Hbond substituents is 1. The summed E-state index contributed by atoms with van der Waals surface area (Å²) in [6.07, 6.45) is 1.72. The zero-order valence-electron chi connectivity index (χ0n) is 12.9. The monoisotopic (exact) mass is 377 g/mol. The molecule has 1 atom stereocenters. The van der Waals surface area contributed by atoms with E-state index in [4.69, 9.17) is 11.6 Å². The first kappa shape index (κ1) is 18.7. The summed E-state index contributed by atoms with van der Waals surface area (Å²) in [5.74, 6) is 0.374. The second-order valence-electron chi connectivity index (χ2n) is 5.47. The second kappa shape index (κ2) is 7.53. The first-order valence-corrected chi connectivity index (χ1v) is 8.35. The lowest BCUT2D eigenvalue weighted by molar-refractivity contribution is 0.00818. The van der Waals surface area contributed by atoms with Gasteiger partial charge < -0.3 is 5.11 Å². The Labute approximate surface area is 146 Å². The van der Waals surface area contributed by atoms with Gasteiger partial charge >= 0.3 is 6.68 Å². The van der Waals surface area contributed by atoms with Gasteiger partial charge in [0.15, 0.2) is 5.78 Å². The minimum Gasteiger partial charge on any atom is -0.506 e. The fourth-order valence-electron chi connectivity index (χ4n) is 2.41. The van der Waals surface area contributed by atoms with Crippen molar-refractivity contribution >= 4 is 28.7 Å². The summed E-state index contributed by atoms with van der Waals surface area (Å²) in [5.41, 5.74) is 2.46. The van der Waals surface area contributed by atoms with E-state index in [9.17, 15) is 23.1 Å². The zero-order valence-corrected chi connectivity index (χ0v) is 14.5. The summed E-state index contributed by atoms with van der Waals surface area (Å²) in [5, 5.41) is 10.8. The van der Waals surface area contributed by atoms with Gasteiger partial charge in [0.25, 0.3) is 0 Å². The van der Waals surface area contributed by atoms with Crippen molar-refractivity contribution in [2.45, 2.75) is 33.4 Å². The molecule has 0 radical (unpaired) electrons. The quantitative estimate of drug-likeness (QED) is 0.721. The van der Waals surface area contributed by atoms with Gasteiger partial charge in [-0.15, -0.1) is 11.3 Å². The van der Waals surface area contributed by atoms with Gasteiger partial charge in [-0.25, -0.2) is 4.98 Å². The Bertz CT molecular complexity index is 738. The summed E-state index contributed by atoms with van der Waals surface area (Å²) in [6, 6.07) is 3.54. The van der Waals surface area contributed by atoms with E-state index < -0.39 is 6.68 Å². The number of phenols is 1. The van der Waals surface area contributed by atoms with Crippen LogP contribution in [0.3, 0.4) is 0 Å². The molecular weight excluding hydrogens is 363 g/mol. The maximum atomic E-state index is 12.2. The highest BCUT2D eigenvalue weighted by atomic mass is 35.5. The summed E-state index contributed by atoms with van der Waals surface area (Å²) in [4.78, 5) is 17.5. The van der Waals surface area contributed by atoms with E-state index in [1.807, 2.05) is 13.0 Å². The van der Waals surface area contributed by atoms with Crippen molar-refractivity contribution in [2.75, 3.05) is 0 Å². The van der Waals surface area contributed by atoms with Crippen molar-refractivity contribution in [3.63, 3.8) is 0 Å². The number of rotatable bonds is 1. The highest BCUT2D eigenvalue weighted by molar-refractivity contribution is 7.17. The average molecular weight is 378 g/mol. The van der Waals surface area contributed by atoms with Crippen molar-refractivity contribution in [3.05, 3.63) is 33.3 Å². The van der Waals surface area contributed by atoms with Crippen molar-refractivity contribution in [1.82, 2.24) is 4.98 Å². The molecule has 2 aromatic rings. The number of hydrogen-bond donors (Lipinski definition) is 1. The molecule has 3 nitrogen and oxygen atoms in total. The predicted molar refractivity (Wildman–Crippen MR) is 87.9 cm³/mol. The molecule has 0 spiro atoms. The number of halogens is 4. The number of fused-ring (bicyclic) bond motifs is 1. The Morgan fingerprint density at radius 3 is 2.58 bits per heavy atom. The van der Waals surface area contributed by atoms with Crippen molar-refractivity contribution in [1.29, 1.82) is 0 Å². The van der Waals surface area contributed by atoms with Crippen LogP contribution >= 0.6 is 22.9 Å². The van der Waals surface area contributed by atoms with Gasteiger partial charge in [-0.3, -0.25) is 4.79 Å². The van der Waals surface area contributed by atoms with E-state index in [2.05, 4.69) is 4.98 Å². The van der Waals surface area contributed by atoms with Crippen LogP contribution < -0.4 is 0 Å². The van der Waals surface area contributed by atoms with Gasteiger partial charge in [-0.1, -0.05) is 18.5 Å². The number of aryl methyl sites for hydroxylation is 2. The number of carbonyl (C=O) groups is 1. The number of aromatic nitrogens is 1. The van der Waals surface area contributed by atoms with Crippen LogP contribution in [0.2, 0.25) is 5.02 Å². The topological polar surface area (TPSA) is 50.2 Å². The maximum Gasteiger partial charge on any atom is 0.379 e. The van der Waals surface area contributed by atoms with Gasteiger partial charge in [-0.2, -0.15) is 13.2 Å². The molecule has 1 N–H and O–H groups in total. The summed E-state index contributed by atoms with van der Waals surface area (Å²) < 4.78 is 29.0. The molecule has 1 aliphatic rings. The molecule has 130 valence electrons. The van der Waals surface area contributed by atoms with E-state index in [0.29, 0.717) is 10.6 Å². The average Bonchev–Trinajstić information content (AvgIpc) is 2.92. The molecular formula is C16H15ClF3NO2S. The molecule has 24 heavy (non-hydrogen) atoms. The third-order valence-corrected chi connectivity index (χ3v) is 5.13. The molecule has 0 aliphatic heterocycles. The van der Waals surface area contributed by atoms with Crippen LogP contribution in [0.1, 0.15) is 34.3 Å². The SMILES string of the molecule is Cc1cc(-c2nc3c(s2)C(=O)C(C)CC3)cc(Cl)c1O.FC(F)F. The molecule has 8 heteroatoms. The first-order valence-electron chi connectivity index (χ1n) is 7.16. The van der Waals surface area contributed by atoms with Crippen LogP contribution in [0.15, 0.2) is 12.1 Å². The molecule has 0 bridgehead atoms. The Kier molecular flexibility index (Phi) is 5.87. The summed E-state index contributed by atoms with van der Waals surface area (Å²) in [7, 11) is 0. The lowest BCUT2D eigenvalue weighted by Crippen LogP contribution is -2.18. The normalized spacial score (nSPS) is 16.6. The Hall–Kier alpha value is -1.60. The van der Waals surface area contributed by atoms with Crippen molar-refractivity contribution < 1.29 is 23.1 Å².